The summed E-state index contributed by atoms with van der Waals surface area (Å²) in [5.41, 5.74) is 7.42. The predicted molar refractivity (Wildman–Crippen MR) is 130 cm³/mol. The van der Waals surface area contributed by atoms with E-state index in [9.17, 15) is 18.4 Å². The summed E-state index contributed by atoms with van der Waals surface area (Å²) in [5.74, 6) is -1.85. The molecule has 2 atom stereocenters. The van der Waals surface area contributed by atoms with E-state index in [1.165, 1.54) is 29.5 Å². The first-order valence-corrected chi connectivity index (χ1v) is 11.6. The third-order valence-electron chi connectivity index (χ3n) is 5.10. The number of nitrogens with two attached hydrogens (primary N) is 1. The van der Waals surface area contributed by atoms with Crippen molar-refractivity contribution in [2.24, 2.45) is 5.73 Å². The topological polar surface area (TPSA) is 109 Å². The van der Waals surface area contributed by atoms with Crippen molar-refractivity contribution in [3.05, 3.63) is 69.7 Å². The Morgan fingerprint density at radius 1 is 1.15 bits per heavy atom. The molecule has 180 valence electrons. The lowest BCUT2D eigenvalue weighted by atomic mass is 10.1. The fourth-order valence-corrected chi connectivity index (χ4v) is 4.37. The van der Waals surface area contributed by atoms with E-state index in [0.29, 0.717) is 22.0 Å². The number of halogens is 3. The predicted octanol–water partition coefficient (Wildman–Crippen LogP) is 3.61. The van der Waals surface area contributed by atoms with Crippen LogP contribution in [0.3, 0.4) is 0 Å². The minimum absolute atomic E-state index is 0.0191. The maximum Gasteiger partial charge on any atom is 0.241 e. The lowest BCUT2D eigenvalue weighted by Crippen LogP contribution is -2.48. The molecule has 0 fully saturated rings. The number of thiazole rings is 1. The summed E-state index contributed by atoms with van der Waals surface area (Å²) in [6, 6.07) is 8.42. The number of rotatable bonds is 9. The molecule has 11 heteroatoms. The summed E-state index contributed by atoms with van der Waals surface area (Å²) in [4.78, 5) is 30.3. The van der Waals surface area contributed by atoms with Crippen molar-refractivity contribution < 1.29 is 18.4 Å². The summed E-state index contributed by atoms with van der Waals surface area (Å²) >= 11 is 7.03. The summed E-state index contributed by atoms with van der Waals surface area (Å²) < 4.78 is 27.4. The average Bonchev–Trinajstić information content (AvgIpc) is 3.18. The van der Waals surface area contributed by atoms with Gasteiger partial charge >= 0.3 is 0 Å². The Balaban J connectivity index is 1.57. The molecule has 2 amide bonds. The van der Waals surface area contributed by atoms with E-state index in [1.807, 2.05) is 0 Å². The lowest BCUT2D eigenvalue weighted by molar-refractivity contribution is -0.123. The summed E-state index contributed by atoms with van der Waals surface area (Å²) in [6.07, 6.45) is 0.0191. The van der Waals surface area contributed by atoms with Crippen LogP contribution in [0.15, 0.2) is 42.5 Å². The maximum absolute atomic E-state index is 14.1. The van der Waals surface area contributed by atoms with Crippen molar-refractivity contribution in [1.29, 1.82) is 0 Å². The van der Waals surface area contributed by atoms with Crippen molar-refractivity contribution >= 4 is 40.4 Å². The number of carbonyl (C=O) groups is 2. The van der Waals surface area contributed by atoms with Crippen LogP contribution in [0.5, 0.6) is 0 Å². The quantitative estimate of drug-likeness (QED) is 0.354. The van der Waals surface area contributed by atoms with Crippen LogP contribution in [-0.4, -0.2) is 35.9 Å². The number of aryl methyl sites for hydroxylation is 1. The fraction of sp³-hybridized carbons (Fsp3) is 0.261. The van der Waals surface area contributed by atoms with Crippen LogP contribution in [0.2, 0.25) is 5.02 Å². The van der Waals surface area contributed by atoms with Gasteiger partial charge in [0.2, 0.25) is 11.8 Å². The Bertz CT molecular complexity index is 1190. The molecule has 0 saturated carbocycles. The molecule has 0 aliphatic heterocycles. The number of benzene rings is 2. The molecule has 34 heavy (non-hydrogen) atoms. The summed E-state index contributed by atoms with van der Waals surface area (Å²) in [6.45, 7) is 1.96. The number of amides is 2. The van der Waals surface area contributed by atoms with Crippen LogP contribution in [-0.2, 0) is 16.1 Å². The Morgan fingerprint density at radius 2 is 1.88 bits per heavy atom. The monoisotopic (exact) mass is 507 g/mol. The number of anilines is 1. The molecular weight excluding hydrogens is 484 g/mol. The molecule has 3 rings (SSSR count). The maximum atomic E-state index is 14.1. The van der Waals surface area contributed by atoms with E-state index in [0.717, 1.165) is 10.9 Å². The molecule has 2 unspecified atom stereocenters. The molecule has 0 saturated heterocycles. The van der Waals surface area contributed by atoms with Gasteiger partial charge in [-0.15, -0.1) is 11.3 Å². The smallest absolute Gasteiger partial charge is 0.241 e. The van der Waals surface area contributed by atoms with Crippen LogP contribution in [0.1, 0.15) is 17.0 Å². The van der Waals surface area contributed by atoms with E-state index in [4.69, 9.17) is 17.3 Å². The Morgan fingerprint density at radius 3 is 2.56 bits per heavy atom. The fourth-order valence-electron chi connectivity index (χ4n) is 3.16. The highest BCUT2D eigenvalue weighted by molar-refractivity contribution is 7.15. The molecule has 3 aromatic rings. The number of nitrogens with one attached hydrogen (secondary N) is 3. The molecule has 2 aromatic carbocycles. The normalized spacial score (nSPS) is 12.8. The third kappa shape index (κ3) is 6.35. The van der Waals surface area contributed by atoms with Gasteiger partial charge in [0.1, 0.15) is 16.6 Å². The molecular formula is C23H24ClF2N5O2S. The molecule has 1 heterocycles. The Labute approximate surface area is 204 Å². The van der Waals surface area contributed by atoms with Crippen molar-refractivity contribution in [2.75, 3.05) is 12.4 Å². The molecule has 1 aromatic heterocycles. The van der Waals surface area contributed by atoms with Gasteiger partial charge in [-0.1, -0.05) is 23.7 Å². The number of likely N-dealkylation sites (N-methyl/N-ethyl adjacent to an activating group) is 1. The largest absolute Gasteiger partial charge is 0.350 e. The van der Waals surface area contributed by atoms with Gasteiger partial charge in [-0.25, -0.2) is 13.8 Å². The zero-order chi connectivity index (χ0) is 24.8. The van der Waals surface area contributed by atoms with Crippen LogP contribution >= 0.6 is 22.9 Å². The number of aromatic nitrogens is 1. The number of hydrogen-bond donors (Lipinski definition) is 4. The van der Waals surface area contributed by atoms with Gasteiger partial charge in [-0.2, -0.15) is 0 Å². The molecule has 0 bridgehead atoms. The second-order valence-electron chi connectivity index (χ2n) is 7.53. The molecule has 5 N–H and O–H groups in total. The molecule has 7 nitrogen and oxygen atoms in total. The number of nitrogens with zero attached hydrogens (tertiary/aromatic N) is 1. The average molecular weight is 508 g/mol. The van der Waals surface area contributed by atoms with E-state index in [2.05, 4.69) is 20.9 Å². The van der Waals surface area contributed by atoms with E-state index in [1.54, 1.807) is 32.2 Å². The lowest BCUT2D eigenvalue weighted by Gasteiger charge is -2.20. The second-order valence-corrected chi connectivity index (χ2v) is 9.02. The van der Waals surface area contributed by atoms with E-state index >= 15 is 0 Å². The van der Waals surface area contributed by atoms with Crippen molar-refractivity contribution in [1.82, 2.24) is 15.6 Å². The molecule has 0 aliphatic carbocycles. The highest BCUT2D eigenvalue weighted by Gasteiger charge is 2.24. The van der Waals surface area contributed by atoms with Gasteiger partial charge in [0.15, 0.2) is 0 Å². The van der Waals surface area contributed by atoms with Crippen LogP contribution in [0, 0.1) is 18.6 Å². The highest BCUT2D eigenvalue weighted by atomic mass is 35.5. The summed E-state index contributed by atoms with van der Waals surface area (Å²) in [7, 11) is 1.57. The zero-order valence-corrected chi connectivity index (χ0v) is 20.1. The van der Waals surface area contributed by atoms with Crippen molar-refractivity contribution in [2.45, 2.75) is 32.0 Å². The van der Waals surface area contributed by atoms with E-state index < -0.39 is 29.7 Å². The minimum atomic E-state index is -0.973. The Hall–Kier alpha value is -2.92. The minimum Gasteiger partial charge on any atom is -0.350 e. The van der Waals surface area contributed by atoms with Gasteiger partial charge in [0.25, 0.3) is 0 Å². The van der Waals surface area contributed by atoms with Gasteiger partial charge in [0, 0.05) is 16.1 Å². The third-order valence-corrected chi connectivity index (χ3v) is 6.58. The molecule has 0 radical (unpaired) electrons. The summed E-state index contributed by atoms with van der Waals surface area (Å²) in [5, 5.41) is 8.59. The second kappa shape index (κ2) is 11.5. The molecule has 0 aliphatic rings. The van der Waals surface area contributed by atoms with Crippen LogP contribution in [0.4, 0.5) is 14.5 Å². The van der Waals surface area contributed by atoms with Crippen molar-refractivity contribution in [3.8, 4) is 10.6 Å². The Kier molecular flexibility index (Phi) is 8.67. The first-order valence-electron chi connectivity index (χ1n) is 10.4. The highest BCUT2D eigenvalue weighted by Crippen LogP contribution is 2.29. The van der Waals surface area contributed by atoms with Gasteiger partial charge in [0.05, 0.1) is 29.3 Å². The first-order chi connectivity index (χ1) is 16.2. The zero-order valence-electron chi connectivity index (χ0n) is 18.5. The first kappa shape index (κ1) is 25.7. The van der Waals surface area contributed by atoms with Crippen LogP contribution < -0.4 is 21.7 Å². The van der Waals surface area contributed by atoms with Gasteiger partial charge < -0.3 is 21.7 Å². The van der Waals surface area contributed by atoms with Gasteiger partial charge in [-0.3, -0.25) is 9.59 Å². The standard InChI is InChI=1S/C23H24ClF2N5O2S/c1-12-20(34-23(30-12)14-5-3-4-6-16(14)25)11-29-21(32)18(27)10-19(28-2)22(33)31-13-7-8-17(26)15(24)9-13/h3-9,18-19,28H,10-11,27H2,1-2H3,(H,29,32)(H,31,33). The van der Waals surface area contributed by atoms with Crippen molar-refractivity contribution in [3.63, 3.8) is 0 Å². The number of carbonyl (C=O) groups excluding carboxylic acids is 2. The van der Waals surface area contributed by atoms with Crippen LogP contribution in [0.25, 0.3) is 10.6 Å². The SMILES string of the molecule is CNC(CC(N)C(=O)NCc1sc(-c2ccccc2F)nc1C)C(=O)Nc1ccc(F)c(Cl)c1. The van der Waals surface area contributed by atoms with Gasteiger partial charge in [-0.05, 0) is 50.7 Å². The van der Waals surface area contributed by atoms with E-state index in [-0.39, 0.29) is 23.8 Å². The molecule has 0 spiro atoms. The number of hydrogen-bond acceptors (Lipinski definition) is 6.